The minimum absolute atomic E-state index is 0.0677. The Bertz CT molecular complexity index is 1510. The first-order valence-electron chi connectivity index (χ1n) is 10.9. The molecule has 0 aliphatic rings. The standard InChI is InChI=1S/C25H26N6O/c1-16(2)14-29(4)24-18-9-5-7-11-20(18)26-22(27-24)15-30-23-13-17(3)28-31(23)21-12-8-6-10-19(21)25(30)32/h5-13,16H,14-15H2,1-4H3. The van der Waals surface area contributed by atoms with E-state index in [1.165, 1.54) is 0 Å². The van der Waals surface area contributed by atoms with Gasteiger partial charge in [0, 0.05) is 25.0 Å². The molecule has 0 radical (unpaired) electrons. The summed E-state index contributed by atoms with van der Waals surface area (Å²) in [4.78, 5) is 25.3. The highest BCUT2D eigenvalue weighted by Gasteiger charge is 2.17. The Kier molecular flexibility index (Phi) is 4.89. The summed E-state index contributed by atoms with van der Waals surface area (Å²) in [6.45, 7) is 7.46. The van der Waals surface area contributed by atoms with Crippen LogP contribution >= 0.6 is 0 Å². The fourth-order valence-electron chi connectivity index (χ4n) is 4.34. The molecule has 0 unspecified atom stereocenters. The van der Waals surface area contributed by atoms with Crippen LogP contribution < -0.4 is 10.5 Å². The third kappa shape index (κ3) is 3.39. The second-order valence-electron chi connectivity index (χ2n) is 8.72. The zero-order chi connectivity index (χ0) is 22.4. The van der Waals surface area contributed by atoms with Gasteiger partial charge < -0.3 is 4.90 Å². The first kappa shape index (κ1) is 20.2. The molecular weight excluding hydrogens is 400 g/mol. The molecule has 7 heteroatoms. The van der Waals surface area contributed by atoms with Crippen LogP contribution in [0.5, 0.6) is 0 Å². The third-order valence-electron chi connectivity index (χ3n) is 5.63. The lowest BCUT2D eigenvalue weighted by molar-refractivity contribution is 0.633. The van der Waals surface area contributed by atoms with Crippen LogP contribution in [0.3, 0.4) is 0 Å². The van der Waals surface area contributed by atoms with Crippen molar-refractivity contribution in [2.24, 2.45) is 5.92 Å². The highest BCUT2D eigenvalue weighted by atomic mass is 16.1. The van der Waals surface area contributed by atoms with Gasteiger partial charge in [-0.25, -0.2) is 14.5 Å². The fourth-order valence-corrected chi connectivity index (χ4v) is 4.34. The summed E-state index contributed by atoms with van der Waals surface area (Å²) < 4.78 is 3.55. The van der Waals surface area contributed by atoms with E-state index in [-0.39, 0.29) is 12.1 Å². The van der Waals surface area contributed by atoms with Gasteiger partial charge in [-0.15, -0.1) is 0 Å². The Morgan fingerprint density at radius 3 is 2.50 bits per heavy atom. The summed E-state index contributed by atoms with van der Waals surface area (Å²) in [6.07, 6.45) is 0. The van der Waals surface area contributed by atoms with E-state index in [0.29, 0.717) is 17.1 Å². The molecular formula is C25H26N6O. The predicted molar refractivity (Wildman–Crippen MR) is 128 cm³/mol. The van der Waals surface area contributed by atoms with Gasteiger partial charge in [0.05, 0.1) is 28.7 Å². The first-order valence-corrected chi connectivity index (χ1v) is 10.9. The van der Waals surface area contributed by atoms with Gasteiger partial charge in [-0.1, -0.05) is 38.1 Å². The van der Waals surface area contributed by atoms with Gasteiger partial charge >= 0.3 is 0 Å². The monoisotopic (exact) mass is 426 g/mol. The highest BCUT2D eigenvalue weighted by molar-refractivity contribution is 5.89. The topological polar surface area (TPSA) is 68.3 Å². The summed E-state index contributed by atoms with van der Waals surface area (Å²) in [7, 11) is 2.05. The molecule has 0 aliphatic carbocycles. The van der Waals surface area contributed by atoms with E-state index in [1.54, 1.807) is 4.57 Å². The van der Waals surface area contributed by atoms with Gasteiger partial charge in [0.2, 0.25) is 0 Å². The van der Waals surface area contributed by atoms with Crippen molar-refractivity contribution < 1.29 is 0 Å². The molecule has 2 aromatic carbocycles. The molecule has 5 aromatic rings. The predicted octanol–water partition coefficient (Wildman–Crippen LogP) is 4.04. The Morgan fingerprint density at radius 2 is 1.72 bits per heavy atom. The quantitative estimate of drug-likeness (QED) is 0.424. The van der Waals surface area contributed by atoms with Crippen molar-refractivity contribution in [1.29, 1.82) is 0 Å². The zero-order valence-electron chi connectivity index (χ0n) is 18.8. The molecule has 0 N–H and O–H groups in total. The molecule has 0 spiro atoms. The molecule has 162 valence electrons. The molecule has 0 saturated heterocycles. The van der Waals surface area contributed by atoms with Crippen LogP contribution in [0.2, 0.25) is 0 Å². The van der Waals surface area contributed by atoms with E-state index in [2.05, 4.69) is 30.9 Å². The first-order chi connectivity index (χ1) is 15.4. The summed E-state index contributed by atoms with van der Waals surface area (Å²) in [5.41, 5.74) is 3.19. The van der Waals surface area contributed by atoms with Crippen LogP contribution in [0, 0.1) is 12.8 Å². The number of aromatic nitrogens is 5. The summed E-state index contributed by atoms with van der Waals surface area (Å²) in [5, 5.41) is 6.26. The maximum atomic E-state index is 13.4. The molecule has 3 heterocycles. The lowest BCUT2D eigenvalue weighted by Crippen LogP contribution is -2.26. The van der Waals surface area contributed by atoms with Crippen LogP contribution in [0.1, 0.15) is 25.4 Å². The molecule has 7 nitrogen and oxygen atoms in total. The Balaban J connectivity index is 1.71. The lowest BCUT2D eigenvalue weighted by Gasteiger charge is -2.22. The van der Waals surface area contributed by atoms with Crippen molar-refractivity contribution in [3.05, 3.63) is 76.5 Å². The smallest absolute Gasteiger partial charge is 0.262 e. The minimum atomic E-state index is -0.0677. The van der Waals surface area contributed by atoms with Crippen molar-refractivity contribution in [2.45, 2.75) is 27.3 Å². The number of nitrogens with zero attached hydrogens (tertiary/aromatic N) is 6. The Morgan fingerprint density at radius 1 is 1.00 bits per heavy atom. The van der Waals surface area contributed by atoms with E-state index in [0.717, 1.165) is 40.1 Å². The van der Waals surface area contributed by atoms with Gasteiger partial charge in [0.15, 0.2) is 5.82 Å². The molecule has 3 aromatic heterocycles. The number of rotatable bonds is 5. The average Bonchev–Trinajstić information content (AvgIpc) is 3.17. The van der Waals surface area contributed by atoms with Crippen molar-refractivity contribution in [3.8, 4) is 0 Å². The van der Waals surface area contributed by atoms with Crippen molar-refractivity contribution >= 4 is 33.3 Å². The van der Waals surface area contributed by atoms with Gasteiger partial charge in [0.25, 0.3) is 5.56 Å². The minimum Gasteiger partial charge on any atom is -0.359 e. The molecule has 32 heavy (non-hydrogen) atoms. The number of anilines is 1. The van der Waals surface area contributed by atoms with Crippen LogP contribution in [-0.4, -0.2) is 37.7 Å². The van der Waals surface area contributed by atoms with E-state index in [1.807, 2.05) is 66.0 Å². The number of benzene rings is 2. The van der Waals surface area contributed by atoms with Gasteiger partial charge in [0.1, 0.15) is 11.5 Å². The molecule has 5 rings (SSSR count). The van der Waals surface area contributed by atoms with Crippen LogP contribution in [0.4, 0.5) is 5.82 Å². The van der Waals surface area contributed by atoms with E-state index in [9.17, 15) is 4.79 Å². The third-order valence-corrected chi connectivity index (χ3v) is 5.63. The van der Waals surface area contributed by atoms with Gasteiger partial charge in [-0.3, -0.25) is 9.36 Å². The summed E-state index contributed by atoms with van der Waals surface area (Å²) >= 11 is 0. The SMILES string of the molecule is Cc1cc2n(Cc3nc(N(C)CC(C)C)c4ccccc4n3)c(=O)c3ccccc3n2n1. The maximum Gasteiger partial charge on any atom is 0.262 e. The fraction of sp³-hybridized carbons (Fsp3) is 0.280. The van der Waals surface area contributed by atoms with E-state index >= 15 is 0 Å². The average molecular weight is 427 g/mol. The molecule has 0 aliphatic heterocycles. The Hall–Kier alpha value is -3.74. The number of fused-ring (bicyclic) bond motifs is 4. The zero-order valence-corrected chi connectivity index (χ0v) is 18.8. The number of hydrogen-bond donors (Lipinski definition) is 0. The highest BCUT2D eigenvalue weighted by Crippen LogP contribution is 2.24. The second kappa shape index (κ2) is 7.75. The van der Waals surface area contributed by atoms with E-state index < -0.39 is 0 Å². The Labute approximate surface area is 186 Å². The van der Waals surface area contributed by atoms with Crippen LogP contribution in [-0.2, 0) is 6.54 Å². The summed E-state index contributed by atoms with van der Waals surface area (Å²) in [6, 6.07) is 17.5. The number of hydrogen-bond acceptors (Lipinski definition) is 5. The van der Waals surface area contributed by atoms with Crippen molar-refractivity contribution in [3.63, 3.8) is 0 Å². The molecule has 0 atom stereocenters. The number of para-hydroxylation sites is 2. The number of aryl methyl sites for hydroxylation is 1. The molecule has 0 amide bonds. The van der Waals surface area contributed by atoms with Gasteiger partial charge in [-0.05, 0) is 37.1 Å². The normalized spacial score (nSPS) is 11.8. The van der Waals surface area contributed by atoms with Crippen molar-refractivity contribution in [1.82, 2.24) is 24.1 Å². The maximum absolute atomic E-state index is 13.4. The summed E-state index contributed by atoms with van der Waals surface area (Å²) in [5.74, 6) is 1.98. The van der Waals surface area contributed by atoms with Crippen molar-refractivity contribution in [2.75, 3.05) is 18.5 Å². The lowest BCUT2D eigenvalue weighted by atomic mass is 10.2. The molecule has 0 fully saturated rings. The van der Waals surface area contributed by atoms with Gasteiger partial charge in [-0.2, -0.15) is 5.10 Å². The largest absolute Gasteiger partial charge is 0.359 e. The molecule has 0 saturated carbocycles. The van der Waals surface area contributed by atoms with Crippen LogP contribution in [0.25, 0.3) is 27.5 Å². The second-order valence-corrected chi connectivity index (χ2v) is 8.72. The van der Waals surface area contributed by atoms with E-state index in [4.69, 9.17) is 9.97 Å². The van der Waals surface area contributed by atoms with Crippen LogP contribution in [0.15, 0.2) is 59.4 Å². The molecule has 0 bridgehead atoms.